The van der Waals surface area contributed by atoms with Crippen LogP contribution in [0.15, 0.2) is 0 Å². The van der Waals surface area contributed by atoms with Gasteiger partial charge in [-0.3, -0.25) is 9.80 Å². The molecule has 0 radical (unpaired) electrons. The lowest BCUT2D eigenvalue weighted by Gasteiger charge is -2.57. The molecule has 18 heavy (non-hydrogen) atoms. The lowest BCUT2D eigenvalue weighted by atomic mass is 9.70. The zero-order valence-electron chi connectivity index (χ0n) is 11.3. The van der Waals surface area contributed by atoms with Gasteiger partial charge in [-0.2, -0.15) is 0 Å². The number of hydrogen-bond donors (Lipinski definition) is 1. The zero-order chi connectivity index (χ0) is 12.1. The average molecular weight is 250 g/mol. The Morgan fingerprint density at radius 2 is 1.56 bits per heavy atom. The van der Waals surface area contributed by atoms with E-state index in [0.717, 1.165) is 37.3 Å². The molecule has 3 nitrogen and oxygen atoms in total. The molecule has 2 bridgehead atoms. The second kappa shape index (κ2) is 4.46. The number of fused-ring (bicyclic) bond motifs is 6. The van der Waals surface area contributed by atoms with Crippen LogP contribution in [0.4, 0.5) is 0 Å². The SMILES string of the molecule is O[C@H]1CCN2C[C@@H]3C[C@@H](CN4CCCC[C@@H]34)[C@@H]2C1. The van der Waals surface area contributed by atoms with Crippen molar-refractivity contribution >= 4 is 0 Å². The van der Waals surface area contributed by atoms with Gasteiger partial charge in [-0.15, -0.1) is 0 Å². The number of rotatable bonds is 0. The molecule has 4 heterocycles. The fourth-order valence-corrected chi connectivity index (χ4v) is 5.22. The van der Waals surface area contributed by atoms with Crippen LogP contribution in [-0.4, -0.2) is 59.3 Å². The van der Waals surface area contributed by atoms with Crippen LogP contribution in [0.3, 0.4) is 0 Å². The first-order valence-electron chi connectivity index (χ1n) is 7.97. The highest BCUT2D eigenvalue weighted by Crippen LogP contribution is 2.42. The predicted octanol–water partition coefficient (Wildman–Crippen LogP) is 1.32. The van der Waals surface area contributed by atoms with Gasteiger partial charge in [0.1, 0.15) is 0 Å². The van der Waals surface area contributed by atoms with Crippen LogP contribution in [0.1, 0.15) is 38.5 Å². The van der Waals surface area contributed by atoms with E-state index in [0.29, 0.717) is 6.04 Å². The van der Waals surface area contributed by atoms with Gasteiger partial charge in [0.2, 0.25) is 0 Å². The highest BCUT2D eigenvalue weighted by atomic mass is 16.3. The number of hydrogen-bond acceptors (Lipinski definition) is 3. The first-order chi connectivity index (χ1) is 8.81. The fraction of sp³-hybridized carbons (Fsp3) is 1.00. The highest BCUT2D eigenvalue weighted by Gasteiger charge is 2.47. The molecule has 1 N–H and O–H groups in total. The molecule has 4 rings (SSSR count). The van der Waals surface area contributed by atoms with E-state index >= 15 is 0 Å². The third-order valence-electron chi connectivity index (χ3n) is 6.03. The second-order valence-electron chi connectivity index (χ2n) is 7.05. The molecule has 0 saturated carbocycles. The highest BCUT2D eigenvalue weighted by molar-refractivity contribution is 5.01. The van der Waals surface area contributed by atoms with Crippen molar-refractivity contribution in [2.24, 2.45) is 11.8 Å². The van der Waals surface area contributed by atoms with Crippen molar-refractivity contribution in [2.75, 3.05) is 26.2 Å². The Hall–Kier alpha value is -0.120. The van der Waals surface area contributed by atoms with Crippen molar-refractivity contribution < 1.29 is 5.11 Å². The first kappa shape index (κ1) is 11.7. The molecular formula is C15H26N2O. The first-order valence-corrected chi connectivity index (χ1v) is 7.97. The van der Waals surface area contributed by atoms with Crippen LogP contribution in [0.25, 0.3) is 0 Å². The summed E-state index contributed by atoms with van der Waals surface area (Å²) in [4.78, 5) is 5.51. The van der Waals surface area contributed by atoms with Crippen molar-refractivity contribution in [1.82, 2.24) is 9.80 Å². The van der Waals surface area contributed by atoms with Gasteiger partial charge in [0.05, 0.1) is 6.10 Å². The summed E-state index contributed by atoms with van der Waals surface area (Å²) in [6, 6.07) is 1.58. The Morgan fingerprint density at radius 1 is 0.778 bits per heavy atom. The standard InChI is InChI=1S/C15H26N2O/c18-13-4-6-17-9-11-7-12(15(17)8-13)10-16-5-2-1-3-14(11)16/h11-15,18H,1-10H2/t11-,12-,13-,14-,15-/m0/s1. The van der Waals surface area contributed by atoms with E-state index in [1.807, 2.05) is 0 Å². The summed E-state index contributed by atoms with van der Waals surface area (Å²) in [6.45, 7) is 5.11. The molecule has 4 fully saturated rings. The summed E-state index contributed by atoms with van der Waals surface area (Å²) in [5, 5.41) is 9.94. The molecule has 0 spiro atoms. The van der Waals surface area contributed by atoms with E-state index < -0.39 is 0 Å². The summed E-state index contributed by atoms with van der Waals surface area (Å²) in [7, 11) is 0. The third kappa shape index (κ3) is 1.83. The van der Waals surface area contributed by atoms with Crippen LogP contribution in [-0.2, 0) is 0 Å². The van der Waals surface area contributed by atoms with Crippen LogP contribution in [0, 0.1) is 11.8 Å². The molecule has 4 aliphatic heterocycles. The molecule has 0 aliphatic carbocycles. The Balaban J connectivity index is 1.55. The lowest BCUT2D eigenvalue weighted by molar-refractivity contribution is -0.0900. The van der Waals surface area contributed by atoms with E-state index in [4.69, 9.17) is 0 Å². The summed E-state index contributed by atoms with van der Waals surface area (Å²) >= 11 is 0. The van der Waals surface area contributed by atoms with Gasteiger partial charge in [0.15, 0.2) is 0 Å². The van der Waals surface area contributed by atoms with Crippen LogP contribution in [0.2, 0.25) is 0 Å². The lowest BCUT2D eigenvalue weighted by Crippen LogP contribution is -2.64. The van der Waals surface area contributed by atoms with Crippen molar-refractivity contribution in [3.05, 3.63) is 0 Å². The maximum absolute atomic E-state index is 9.94. The van der Waals surface area contributed by atoms with Crippen molar-refractivity contribution in [2.45, 2.75) is 56.7 Å². The zero-order valence-corrected chi connectivity index (χ0v) is 11.3. The quantitative estimate of drug-likeness (QED) is 0.702. The molecule has 0 aromatic heterocycles. The Kier molecular flexibility index (Phi) is 2.90. The van der Waals surface area contributed by atoms with E-state index in [9.17, 15) is 5.11 Å². The molecule has 102 valence electrons. The maximum atomic E-state index is 9.94. The monoisotopic (exact) mass is 250 g/mol. The Bertz CT molecular complexity index is 322. The molecule has 3 heteroatoms. The van der Waals surface area contributed by atoms with E-state index in [-0.39, 0.29) is 6.10 Å². The van der Waals surface area contributed by atoms with Crippen molar-refractivity contribution in [3.63, 3.8) is 0 Å². The van der Waals surface area contributed by atoms with Gasteiger partial charge in [0.25, 0.3) is 0 Å². The van der Waals surface area contributed by atoms with E-state index in [1.165, 1.54) is 45.3 Å². The molecule has 0 aromatic rings. The smallest absolute Gasteiger partial charge is 0.0567 e. The number of piperidine rings is 4. The number of aliphatic hydroxyl groups excluding tert-OH is 1. The van der Waals surface area contributed by atoms with Gasteiger partial charge in [-0.1, -0.05) is 6.42 Å². The summed E-state index contributed by atoms with van der Waals surface area (Å²) < 4.78 is 0. The summed E-state index contributed by atoms with van der Waals surface area (Å²) in [5.74, 6) is 1.77. The topological polar surface area (TPSA) is 26.7 Å². The largest absolute Gasteiger partial charge is 0.393 e. The minimum Gasteiger partial charge on any atom is -0.393 e. The fourth-order valence-electron chi connectivity index (χ4n) is 5.22. The number of nitrogens with zero attached hydrogens (tertiary/aromatic N) is 2. The minimum atomic E-state index is -0.0260. The Morgan fingerprint density at radius 3 is 2.44 bits per heavy atom. The van der Waals surface area contributed by atoms with Gasteiger partial charge in [0, 0.05) is 31.7 Å². The van der Waals surface area contributed by atoms with Crippen LogP contribution >= 0.6 is 0 Å². The maximum Gasteiger partial charge on any atom is 0.0567 e. The van der Waals surface area contributed by atoms with Crippen molar-refractivity contribution in [3.8, 4) is 0 Å². The molecule has 0 amide bonds. The van der Waals surface area contributed by atoms with Gasteiger partial charge >= 0.3 is 0 Å². The summed E-state index contributed by atoms with van der Waals surface area (Å²) in [5.41, 5.74) is 0. The minimum absolute atomic E-state index is 0.0260. The average Bonchev–Trinajstić information content (AvgIpc) is 2.40. The number of aliphatic hydroxyl groups is 1. The van der Waals surface area contributed by atoms with Crippen molar-refractivity contribution in [1.29, 1.82) is 0 Å². The molecule has 5 atom stereocenters. The van der Waals surface area contributed by atoms with Crippen LogP contribution in [0.5, 0.6) is 0 Å². The van der Waals surface area contributed by atoms with Gasteiger partial charge in [-0.05, 0) is 50.5 Å². The van der Waals surface area contributed by atoms with Gasteiger partial charge in [-0.25, -0.2) is 0 Å². The van der Waals surface area contributed by atoms with E-state index in [1.54, 1.807) is 0 Å². The normalized spacial score (nSPS) is 49.5. The third-order valence-corrected chi connectivity index (χ3v) is 6.03. The molecule has 4 saturated heterocycles. The molecule has 0 aromatic carbocycles. The van der Waals surface area contributed by atoms with Gasteiger partial charge < -0.3 is 5.11 Å². The molecular weight excluding hydrogens is 224 g/mol. The second-order valence-corrected chi connectivity index (χ2v) is 7.05. The molecule has 0 unspecified atom stereocenters. The Labute approximate surface area is 110 Å². The predicted molar refractivity (Wildman–Crippen MR) is 71.4 cm³/mol. The van der Waals surface area contributed by atoms with E-state index in [2.05, 4.69) is 9.80 Å². The van der Waals surface area contributed by atoms with Crippen LogP contribution < -0.4 is 0 Å². The summed E-state index contributed by atoms with van der Waals surface area (Å²) in [6.07, 6.45) is 7.76. The molecule has 4 aliphatic rings.